The molecule has 7 heteroatoms. The van der Waals surface area contributed by atoms with Gasteiger partial charge in [0.2, 0.25) is 5.95 Å². The Kier molecular flexibility index (Phi) is 4.13. The van der Waals surface area contributed by atoms with E-state index in [-0.39, 0.29) is 0 Å². The summed E-state index contributed by atoms with van der Waals surface area (Å²) in [7, 11) is 0. The molecule has 0 saturated carbocycles. The number of hydrogen-bond donors (Lipinski definition) is 0. The lowest BCUT2D eigenvalue weighted by molar-refractivity contribution is 0.156. The van der Waals surface area contributed by atoms with Crippen LogP contribution in [0.2, 0.25) is 0 Å². The molecule has 0 amide bonds. The zero-order valence-electron chi connectivity index (χ0n) is 15.4. The fraction of sp³-hybridized carbons (Fsp3) is 0.500. The lowest BCUT2D eigenvalue weighted by Gasteiger charge is -2.48. The standard InChI is InChI=1S/C20H23N7/c21-12-16-11-15-3-1-4-18(15)24-19(16)27-13-17(14-27)25-7-9-26(10-8-25)20-22-5-2-6-23-20/h2,5-6,11,17H,1,3-4,7-10,13-14H2. The number of nitriles is 1. The van der Waals surface area contributed by atoms with Crippen molar-refractivity contribution >= 4 is 11.8 Å². The Balaban J connectivity index is 1.21. The molecule has 2 aliphatic heterocycles. The van der Waals surface area contributed by atoms with E-state index in [9.17, 15) is 5.26 Å². The number of anilines is 2. The first-order chi connectivity index (χ1) is 13.3. The number of aryl methyl sites for hydroxylation is 2. The number of rotatable bonds is 3. The van der Waals surface area contributed by atoms with E-state index in [1.54, 1.807) is 12.4 Å². The van der Waals surface area contributed by atoms with Gasteiger partial charge in [0.05, 0.1) is 5.56 Å². The van der Waals surface area contributed by atoms with Crippen molar-refractivity contribution in [1.29, 1.82) is 5.26 Å². The summed E-state index contributed by atoms with van der Waals surface area (Å²) in [5, 5.41) is 9.53. The van der Waals surface area contributed by atoms with Gasteiger partial charge in [-0.1, -0.05) is 0 Å². The van der Waals surface area contributed by atoms with Crippen LogP contribution in [0.1, 0.15) is 23.2 Å². The van der Waals surface area contributed by atoms with Crippen LogP contribution in [0.4, 0.5) is 11.8 Å². The quantitative estimate of drug-likeness (QED) is 0.814. The predicted molar refractivity (Wildman–Crippen MR) is 103 cm³/mol. The Hall–Kier alpha value is -2.72. The van der Waals surface area contributed by atoms with Crippen LogP contribution in [0.15, 0.2) is 24.5 Å². The lowest BCUT2D eigenvalue weighted by Crippen LogP contribution is -2.63. The van der Waals surface area contributed by atoms with Gasteiger partial charge in [-0.2, -0.15) is 5.26 Å². The molecule has 2 saturated heterocycles. The second-order valence-electron chi connectivity index (χ2n) is 7.56. The number of pyridine rings is 1. The third-order valence-electron chi connectivity index (χ3n) is 5.98. The van der Waals surface area contributed by atoms with Crippen LogP contribution in [-0.4, -0.2) is 65.2 Å². The maximum absolute atomic E-state index is 9.53. The Bertz CT molecular complexity index is 862. The van der Waals surface area contributed by atoms with E-state index in [2.05, 4.69) is 36.8 Å². The van der Waals surface area contributed by atoms with Crippen molar-refractivity contribution in [2.75, 3.05) is 49.1 Å². The van der Waals surface area contributed by atoms with E-state index in [0.717, 1.165) is 75.9 Å². The average molecular weight is 361 g/mol. The minimum absolute atomic E-state index is 0.547. The highest BCUT2D eigenvalue weighted by molar-refractivity contribution is 5.58. The number of nitrogens with zero attached hydrogens (tertiary/aromatic N) is 7. The van der Waals surface area contributed by atoms with E-state index in [1.807, 2.05) is 6.07 Å². The Morgan fingerprint density at radius 1 is 1.00 bits per heavy atom. The van der Waals surface area contributed by atoms with Crippen molar-refractivity contribution in [1.82, 2.24) is 19.9 Å². The fourth-order valence-corrected chi connectivity index (χ4v) is 4.39. The van der Waals surface area contributed by atoms with Gasteiger partial charge in [0.25, 0.3) is 0 Å². The topological polar surface area (TPSA) is 72.2 Å². The van der Waals surface area contributed by atoms with Crippen LogP contribution in [0.3, 0.4) is 0 Å². The molecule has 0 atom stereocenters. The van der Waals surface area contributed by atoms with Gasteiger partial charge in [-0.05, 0) is 37.0 Å². The molecular weight excluding hydrogens is 338 g/mol. The molecule has 27 heavy (non-hydrogen) atoms. The molecular formula is C20H23N7. The normalized spacial score (nSPS) is 20.3. The molecule has 0 bridgehead atoms. The molecule has 3 aliphatic rings. The maximum Gasteiger partial charge on any atom is 0.225 e. The highest BCUT2D eigenvalue weighted by Gasteiger charge is 2.36. The highest BCUT2D eigenvalue weighted by atomic mass is 15.4. The molecule has 2 aromatic heterocycles. The summed E-state index contributed by atoms with van der Waals surface area (Å²) in [6, 6.07) is 6.82. The molecule has 0 radical (unpaired) electrons. The van der Waals surface area contributed by atoms with E-state index < -0.39 is 0 Å². The van der Waals surface area contributed by atoms with Crippen LogP contribution in [-0.2, 0) is 12.8 Å². The van der Waals surface area contributed by atoms with Crippen molar-refractivity contribution in [3.05, 3.63) is 41.3 Å². The third-order valence-corrected chi connectivity index (χ3v) is 5.98. The van der Waals surface area contributed by atoms with Crippen LogP contribution in [0.5, 0.6) is 0 Å². The fourth-order valence-electron chi connectivity index (χ4n) is 4.39. The molecule has 0 N–H and O–H groups in total. The summed E-state index contributed by atoms with van der Waals surface area (Å²) in [6.45, 7) is 5.89. The maximum atomic E-state index is 9.53. The van der Waals surface area contributed by atoms with Crippen molar-refractivity contribution < 1.29 is 0 Å². The van der Waals surface area contributed by atoms with Crippen LogP contribution in [0.25, 0.3) is 0 Å². The van der Waals surface area contributed by atoms with Crippen LogP contribution >= 0.6 is 0 Å². The zero-order chi connectivity index (χ0) is 18.2. The van der Waals surface area contributed by atoms with E-state index in [0.29, 0.717) is 6.04 Å². The number of hydrogen-bond acceptors (Lipinski definition) is 7. The Labute approximate surface area is 159 Å². The van der Waals surface area contributed by atoms with Gasteiger partial charge >= 0.3 is 0 Å². The zero-order valence-corrected chi connectivity index (χ0v) is 15.4. The SMILES string of the molecule is N#Cc1cc2c(nc1N1CC(N3CCN(c4ncccn4)CC3)C1)CCC2. The van der Waals surface area contributed by atoms with E-state index >= 15 is 0 Å². The first-order valence-electron chi connectivity index (χ1n) is 9.75. The molecule has 2 fully saturated rings. The minimum atomic E-state index is 0.547. The van der Waals surface area contributed by atoms with Crippen molar-refractivity contribution in [3.8, 4) is 6.07 Å². The molecule has 2 aromatic rings. The van der Waals surface area contributed by atoms with Crippen molar-refractivity contribution in [2.24, 2.45) is 0 Å². The second kappa shape index (κ2) is 6.78. The van der Waals surface area contributed by atoms with Crippen LogP contribution < -0.4 is 9.80 Å². The monoisotopic (exact) mass is 361 g/mol. The lowest BCUT2D eigenvalue weighted by atomic mass is 10.0. The smallest absolute Gasteiger partial charge is 0.225 e. The first-order valence-corrected chi connectivity index (χ1v) is 9.75. The van der Waals surface area contributed by atoms with Crippen molar-refractivity contribution in [2.45, 2.75) is 25.3 Å². The summed E-state index contributed by atoms with van der Waals surface area (Å²) in [6.07, 6.45) is 6.88. The van der Waals surface area contributed by atoms with Gasteiger partial charge in [0.1, 0.15) is 11.9 Å². The molecule has 0 spiro atoms. The third kappa shape index (κ3) is 3.00. The summed E-state index contributed by atoms with van der Waals surface area (Å²) in [4.78, 5) is 20.6. The molecule has 4 heterocycles. The summed E-state index contributed by atoms with van der Waals surface area (Å²) >= 11 is 0. The largest absolute Gasteiger partial charge is 0.352 e. The number of fused-ring (bicyclic) bond motifs is 1. The van der Waals surface area contributed by atoms with Gasteiger partial charge in [-0.25, -0.2) is 15.0 Å². The molecule has 0 aromatic carbocycles. The predicted octanol–water partition coefficient (Wildman–Crippen LogP) is 1.24. The molecule has 138 valence electrons. The Morgan fingerprint density at radius 3 is 2.52 bits per heavy atom. The second-order valence-corrected chi connectivity index (χ2v) is 7.56. The van der Waals surface area contributed by atoms with E-state index in [1.165, 1.54) is 11.3 Å². The molecule has 0 unspecified atom stereocenters. The number of aromatic nitrogens is 3. The van der Waals surface area contributed by atoms with Crippen molar-refractivity contribution in [3.63, 3.8) is 0 Å². The van der Waals surface area contributed by atoms with Gasteiger partial charge in [-0.3, -0.25) is 4.90 Å². The van der Waals surface area contributed by atoms with Gasteiger partial charge in [-0.15, -0.1) is 0 Å². The van der Waals surface area contributed by atoms with Gasteiger partial charge < -0.3 is 9.80 Å². The van der Waals surface area contributed by atoms with E-state index in [4.69, 9.17) is 4.98 Å². The Morgan fingerprint density at radius 2 is 1.78 bits per heavy atom. The summed E-state index contributed by atoms with van der Waals surface area (Å²) < 4.78 is 0. The highest BCUT2D eigenvalue weighted by Crippen LogP contribution is 2.30. The summed E-state index contributed by atoms with van der Waals surface area (Å²) in [5.74, 6) is 1.72. The van der Waals surface area contributed by atoms with Gasteiger partial charge in [0.15, 0.2) is 0 Å². The first kappa shape index (κ1) is 16.5. The van der Waals surface area contributed by atoms with Gasteiger partial charge in [0, 0.05) is 63.4 Å². The summed E-state index contributed by atoms with van der Waals surface area (Å²) in [5.41, 5.74) is 3.20. The average Bonchev–Trinajstić information content (AvgIpc) is 3.15. The molecule has 5 rings (SSSR count). The minimum Gasteiger partial charge on any atom is -0.352 e. The molecule has 7 nitrogen and oxygen atoms in total. The number of piperazine rings is 1. The molecule has 1 aliphatic carbocycles. The van der Waals surface area contributed by atoms with Crippen LogP contribution in [0, 0.1) is 11.3 Å².